The number of para-hydroxylation sites is 2. The Morgan fingerprint density at radius 3 is 2.59 bits per heavy atom. The van der Waals surface area contributed by atoms with E-state index in [4.69, 9.17) is 9.47 Å². The third-order valence-corrected chi connectivity index (χ3v) is 5.84. The highest BCUT2D eigenvalue weighted by atomic mass is 32.2. The van der Waals surface area contributed by atoms with E-state index in [-0.39, 0.29) is 18.6 Å². The Morgan fingerprint density at radius 1 is 1.21 bits per heavy atom. The number of sulfonamides is 1. The molecule has 3 rings (SSSR count). The first-order chi connectivity index (χ1) is 13.8. The van der Waals surface area contributed by atoms with Gasteiger partial charge < -0.3 is 14.8 Å². The molecule has 8 heteroatoms. The van der Waals surface area contributed by atoms with Gasteiger partial charge in [0, 0.05) is 0 Å². The van der Waals surface area contributed by atoms with Gasteiger partial charge in [0.2, 0.25) is 15.9 Å². The Kier molecular flexibility index (Phi) is 6.32. The smallest absolute Gasteiger partial charge is 0.244 e. The lowest BCUT2D eigenvalue weighted by molar-refractivity contribution is -0.122. The third kappa shape index (κ3) is 5.00. The Labute approximate surface area is 171 Å². The lowest BCUT2D eigenvalue weighted by Crippen LogP contribution is -2.51. The molecule has 0 aliphatic carbocycles. The molecule has 1 heterocycles. The number of nitrogens with one attached hydrogen (secondary N) is 1. The van der Waals surface area contributed by atoms with Crippen molar-refractivity contribution >= 4 is 21.6 Å². The van der Waals surface area contributed by atoms with Crippen LogP contribution in [0.3, 0.4) is 0 Å². The van der Waals surface area contributed by atoms with E-state index in [2.05, 4.69) is 5.32 Å². The standard InChI is InChI=1S/C21H26N2O5S/c1-4-18(23(29(3,25)26)16-9-7-8-15(2)12-16)21(24)22-13-17-14-27-19-10-5-6-11-20(19)28-17/h5-12,17-18H,4,13-14H2,1-3H3,(H,22,24)/t17-,18+/m1/s1. The number of rotatable bonds is 7. The quantitative estimate of drug-likeness (QED) is 0.747. The highest BCUT2D eigenvalue weighted by Crippen LogP contribution is 2.30. The molecule has 29 heavy (non-hydrogen) atoms. The van der Waals surface area contributed by atoms with Crippen molar-refractivity contribution in [2.24, 2.45) is 0 Å². The van der Waals surface area contributed by atoms with Crippen molar-refractivity contribution < 1.29 is 22.7 Å². The fraction of sp³-hybridized carbons (Fsp3) is 0.381. The van der Waals surface area contributed by atoms with Crippen molar-refractivity contribution in [2.75, 3.05) is 23.7 Å². The topological polar surface area (TPSA) is 84.9 Å². The molecule has 2 atom stereocenters. The van der Waals surface area contributed by atoms with Crippen LogP contribution in [0.15, 0.2) is 48.5 Å². The summed E-state index contributed by atoms with van der Waals surface area (Å²) < 4.78 is 37.7. The number of hydrogen-bond donors (Lipinski definition) is 1. The Morgan fingerprint density at radius 2 is 1.93 bits per heavy atom. The second-order valence-corrected chi connectivity index (χ2v) is 8.92. The Bertz CT molecular complexity index is 977. The minimum absolute atomic E-state index is 0.217. The van der Waals surface area contributed by atoms with Crippen LogP contribution in [-0.4, -0.2) is 45.9 Å². The number of ether oxygens (including phenoxy) is 2. The maximum absolute atomic E-state index is 12.9. The molecular formula is C21H26N2O5S. The van der Waals surface area contributed by atoms with E-state index >= 15 is 0 Å². The van der Waals surface area contributed by atoms with Gasteiger partial charge >= 0.3 is 0 Å². The van der Waals surface area contributed by atoms with Crippen LogP contribution < -0.4 is 19.1 Å². The zero-order valence-corrected chi connectivity index (χ0v) is 17.6. The number of carbonyl (C=O) groups excluding carboxylic acids is 1. The molecule has 0 radical (unpaired) electrons. The fourth-order valence-corrected chi connectivity index (χ4v) is 4.52. The van der Waals surface area contributed by atoms with Crippen molar-refractivity contribution in [3.8, 4) is 11.5 Å². The lowest BCUT2D eigenvalue weighted by Gasteiger charge is -2.31. The Hall–Kier alpha value is -2.74. The largest absolute Gasteiger partial charge is 0.486 e. The predicted octanol–water partition coefficient (Wildman–Crippen LogP) is 2.50. The van der Waals surface area contributed by atoms with E-state index in [9.17, 15) is 13.2 Å². The van der Waals surface area contributed by atoms with E-state index in [1.54, 1.807) is 31.2 Å². The number of anilines is 1. The second kappa shape index (κ2) is 8.73. The minimum atomic E-state index is -3.66. The zero-order chi connectivity index (χ0) is 21.0. The van der Waals surface area contributed by atoms with Crippen LogP contribution in [0, 0.1) is 6.92 Å². The molecule has 2 aromatic carbocycles. The van der Waals surface area contributed by atoms with E-state index < -0.39 is 16.1 Å². The maximum Gasteiger partial charge on any atom is 0.244 e. The van der Waals surface area contributed by atoms with Gasteiger partial charge in [0.15, 0.2) is 11.5 Å². The number of fused-ring (bicyclic) bond motifs is 1. The molecule has 1 N–H and O–H groups in total. The van der Waals surface area contributed by atoms with Crippen LogP contribution in [0.4, 0.5) is 5.69 Å². The molecule has 0 unspecified atom stereocenters. The molecular weight excluding hydrogens is 392 g/mol. The van der Waals surface area contributed by atoms with Crippen LogP contribution in [-0.2, 0) is 14.8 Å². The van der Waals surface area contributed by atoms with Gasteiger partial charge in [-0.25, -0.2) is 8.42 Å². The minimum Gasteiger partial charge on any atom is -0.486 e. The highest BCUT2D eigenvalue weighted by Gasteiger charge is 2.32. The number of nitrogens with zero attached hydrogens (tertiary/aromatic N) is 1. The van der Waals surface area contributed by atoms with Crippen molar-refractivity contribution in [3.05, 3.63) is 54.1 Å². The first kappa shape index (κ1) is 21.0. The average Bonchev–Trinajstić information content (AvgIpc) is 2.69. The van der Waals surface area contributed by atoms with Crippen LogP contribution in [0.25, 0.3) is 0 Å². The summed E-state index contributed by atoms with van der Waals surface area (Å²) in [5.74, 6) is 0.925. The molecule has 7 nitrogen and oxygen atoms in total. The molecule has 0 saturated carbocycles. The normalized spacial score (nSPS) is 16.7. The SMILES string of the molecule is CC[C@@H](C(=O)NC[C@@H]1COc2ccccc2O1)N(c1cccc(C)c1)S(C)(=O)=O. The molecule has 0 spiro atoms. The van der Waals surface area contributed by atoms with Gasteiger partial charge in [-0.3, -0.25) is 9.10 Å². The van der Waals surface area contributed by atoms with Crippen LogP contribution in [0.2, 0.25) is 0 Å². The molecule has 1 aliphatic heterocycles. The monoisotopic (exact) mass is 418 g/mol. The third-order valence-electron chi connectivity index (χ3n) is 4.66. The Balaban J connectivity index is 1.72. The number of amides is 1. The highest BCUT2D eigenvalue weighted by molar-refractivity contribution is 7.92. The van der Waals surface area contributed by atoms with Gasteiger partial charge in [-0.2, -0.15) is 0 Å². The van der Waals surface area contributed by atoms with Gasteiger partial charge in [-0.05, 0) is 43.2 Å². The van der Waals surface area contributed by atoms with Crippen LogP contribution >= 0.6 is 0 Å². The lowest BCUT2D eigenvalue weighted by atomic mass is 10.1. The summed E-state index contributed by atoms with van der Waals surface area (Å²) >= 11 is 0. The van der Waals surface area contributed by atoms with Crippen LogP contribution in [0.5, 0.6) is 11.5 Å². The van der Waals surface area contributed by atoms with Crippen LogP contribution in [0.1, 0.15) is 18.9 Å². The fourth-order valence-electron chi connectivity index (χ4n) is 3.32. The van der Waals surface area contributed by atoms with E-state index in [1.807, 2.05) is 31.2 Å². The summed E-state index contributed by atoms with van der Waals surface area (Å²) in [5, 5.41) is 2.82. The molecule has 1 amide bonds. The molecule has 1 aliphatic rings. The first-order valence-corrected chi connectivity index (χ1v) is 11.4. The summed E-state index contributed by atoms with van der Waals surface area (Å²) in [7, 11) is -3.66. The van der Waals surface area contributed by atoms with Gasteiger partial charge in [0.1, 0.15) is 18.8 Å². The molecule has 0 aromatic heterocycles. The van der Waals surface area contributed by atoms with E-state index in [0.29, 0.717) is 30.2 Å². The van der Waals surface area contributed by atoms with Crippen molar-refractivity contribution in [2.45, 2.75) is 32.4 Å². The number of benzene rings is 2. The maximum atomic E-state index is 12.9. The number of carbonyl (C=O) groups is 1. The molecule has 156 valence electrons. The molecule has 0 bridgehead atoms. The molecule has 0 saturated heterocycles. The van der Waals surface area contributed by atoms with Crippen molar-refractivity contribution in [3.63, 3.8) is 0 Å². The summed E-state index contributed by atoms with van der Waals surface area (Å²) in [4.78, 5) is 12.9. The second-order valence-electron chi connectivity index (χ2n) is 7.06. The van der Waals surface area contributed by atoms with E-state index in [1.165, 1.54) is 4.31 Å². The summed E-state index contributed by atoms with van der Waals surface area (Å²) in [6, 6.07) is 13.6. The first-order valence-electron chi connectivity index (χ1n) is 9.52. The van der Waals surface area contributed by atoms with Crippen molar-refractivity contribution in [1.82, 2.24) is 5.32 Å². The summed E-state index contributed by atoms with van der Waals surface area (Å²) in [6.07, 6.45) is 1.09. The molecule has 0 fully saturated rings. The number of hydrogen-bond acceptors (Lipinski definition) is 5. The summed E-state index contributed by atoms with van der Waals surface area (Å²) in [6.45, 7) is 4.19. The summed E-state index contributed by atoms with van der Waals surface area (Å²) in [5.41, 5.74) is 1.39. The van der Waals surface area contributed by atoms with Crippen molar-refractivity contribution in [1.29, 1.82) is 0 Å². The zero-order valence-electron chi connectivity index (χ0n) is 16.8. The van der Waals surface area contributed by atoms with E-state index in [0.717, 1.165) is 11.8 Å². The average molecular weight is 419 g/mol. The van der Waals surface area contributed by atoms with Gasteiger partial charge in [0.05, 0.1) is 18.5 Å². The molecule has 2 aromatic rings. The number of aryl methyl sites for hydroxylation is 1. The van der Waals surface area contributed by atoms with Gasteiger partial charge in [0.25, 0.3) is 0 Å². The van der Waals surface area contributed by atoms with Gasteiger partial charge in [-0.15, -0.1) is 0 Å². The predicted molar refractivity (Wildman–Crippen MR) is 112 cm³/mol. The van der Waals surface area contributed by atoms with Gasteiger partial charge in [-0.1, -0.05) is 31.2 Å².